The van der Waals surface area contributed by atoms with Gasteiger partial charge in [0.1, 0.15) is 5.82 Å². The number of anilines is 1. The van der Waals surface area contributed by atoms with Gasteiger partial charge in [0.05, 0.1) is 10.0 Å². The average Bonchev–Trinajstić information content (AvgIpc) is 2.43. The van der Waals surface area contributed by atoms with E-state index in [-0.39, 0.29) is 24.0 Å². The van der Waals surface area contributed by atoms with Gasteiger partial charge < -0.3 is 16.0 Å². The molecule has 1 aromatic rings. The fourth-order valence-electron chi connectivity index (χ4n) is 1.40. The first-order chi connectivity index (χ1) is 9.67. The van der Waals surface area contributed by atoms with Gasteiger partial charge in [0.25, 0.3) is 0 Å². The van der Waals surface area contributed by atoms with Gasteiger partial charge in [-0.1, -0.05) is 23.2 Å². The fourth-order valence-corrected chi connectivity index (χ4v) is 2.15. The minimum Gasteiger partial charge on any atom is -0.367 e. The summed E-state index contributed by atoms with van der Waals surface area (Å²) in [5.41, 5.74) is 0. The van der Waals surface area contributed by atoms with Crippen LogP contribution in [-0.2, 0) is 0 Å². The number of rotatable bonds is 7. The molecule has 9 heteroatoms. The zero-order valence-electron chi connectivity index (χ0n) is 11.9. The summed E-state index contributed by atoms with van der Waals surface area (Å²) in [5, 5.41) is 10.6. The molecule has 1 aromatic heterocycles. The fraction of sp³-hybridized carbons (Fsp3) is 0.500. The minimum atomic E-state index is 0. The lowest BCUT2D eigenvalue weighted by molar-refractivity contribution is 0.834. The van der Waals surface area contributed by atoms with E-state index in [0.717, 1.165) is 18.3 Å². The van der Waals surface area contributed by atoms with Crippen molar-refractivity contribution in [2.24, 2.45) is 4.99 Å². The highest BCUT2D eigenvalue weighted by molar-refractivity contribution is 14.0. The van der Waals surface area contributed by atoms with Crippen LogP contribution in [0.15, 0.2) is 17.3 Å². The van der Waals surface area contributed by atoms with Crippen LogP contribution in [0.2, 0.25) is 10.0 Å². The Bertz CT molecular complexity index is 448. The molecule has 3 N–H and O–H groups in total. The van der Waals surface area contributed by atoms with Crippen LogP contribution in [-0.4, -0.2) is 49.6 Å². The van der Waals surface area contributed by atoms with Crippen molar-refractivity contribution in [2.75, 3.05) is 44.0 Å². The van der Waals surface area contributed by atoms with E-state index in [0.29, 0.717) is 29.0 Å². The average molecular weight is 464 g/mol. The monoisotopic (exact) mass is 463 g/mol. The van der Waals surface area contributed by atoms with Crippen molar-refractivity contribution in [2.45, 2.75) is 0 Å². The molecule has 0 aliphatic carbocycles. The first kappa shape index (κ1) is 20.9. The summed E-state index contributed by atoms with van der Waals surface area (Å²) in [6.07, 6.45) is 3.64. The lowest BCUT2D eigenvalue weighted by Gasteiger charge is -2.12. The molecule has 120 valence electrons. The van der Waals surface area contributed by atoms with Crippen LogP contribution in [0.5, 0.6) is 0 Å². The number of halogens is 3. The van der Waals surface area contributed by atoms with Crippen molar-refractivity contribution >= 4 is 70.7 Å². The summed E-state index contributed by atoms with van der Waals surface area (Å²) in [7, 11) is 1.75. The van der Waals surface area contributed by atoms with Crippen LogP contribution in [0.25, 0.3) is 0 Å². The SMILES string of the molecule is CN=C(NCCNc1ncc(Cl)cc1Cl)NCCSC.I. The van der Waals surface area contributed by atoms with E-state index in [1.165, 1.54) is 0 Å². The number of guanidine groups is 1. The van der Waals surface area contributed by atoms with Crippen molar-refractivity contribution in [3.8, 4) is 0 Å². The van der Waals surface area contributed by atoms with E-state index < -0.39 is 0 Å². The molecule has 0 bridgehead atoms. The number of aromatic nitrogens is 1. The van der Waals surface area contributed by atoms with Gasteiger partial charge in [-0.3, -0.25) is 4.99 Å². The van der Waals surface area contributed by atoms with Gasteiger partial charge >= 0.3 is 0 Å². The van der Waals surface area contributed by atoms with Crippen LogP contribution in [0.3, 0.4) is 0 Å². The maximum atomic E-state index is 6.01. The Kier molecular flexibility index (Phi) is 12.4. The van der Waals surface area contributed by atoms with Gasteiger partial charge in [0, 0.05) is 38.6 Å². The molecule has 0 fully saturated rings. The lowest BCUT2D eigenvalue weighted by Crippen LogP contribution is -2.40. The highest BCUT2D eigenvalue weighted by atomic mass is 127. The number of hydrogen-bond donors (Lipinski definition) is 3. The van der Waals surface area contributed by atoms with Crippen molar-refractivity contribution in [3.63, 3.8) is 0 Å². The molecule has 0 saturated heterocycles. The Balaban J connectivity index is 0.00000400. The van der Waals surface area contributed by atoms with Crippen molar-refractivity contribution in [3.05, 3.63) is 22.3 Å². The van der Waals surface area contributed by atoms with E-state index in [1.54, 1.807) is 31.1 Å². The van der Waals surface area contributed by atoms with Gasteiger partial charge in [-0.25, -0.2) is 4.98 Å². The molecule has 0 atom stereocenters. The number of aliphatic imine (C=N–C) groups is 1. The molecular formula is C12H20Cl2IN5S. The maximum Gasteiger partial charge on any atom is 0.191 e. The molecule has 1 rings (SSSR count). The zero-order valence-corrected chi connectivity index (χ0v) is 16.6. The molecule has 21 heavy (non-hydrogen) atoms. The van der Waals surface area contributed by atoms with E-state index in [2.05, 4.69) is 32.2 Å². The Hall–Kier alpha value is -0.120. The third kappa shape index (κ3) is 8.80. The zero-order chi connectivity index (χ0) is 14.8. The first-order valence-corrected chi connectivity index (χ1v) is 8.30. The topological polar surface area (TPSA) is 61.3 Å². The van der Waals surface area contributed by atoms with Crippen molar-refractivity contribution < 1.29 is 0 Å². The molecule has 0 aromatic carbocycles. The Morgan fingerprint density at radius 2 is 2.00 bits per heavy atom. The van der Waals surface area contributed by atoms with Crippen LogP contribution >= 0.6 is 58.9 Å². The summed E-state index contributed by atoms with van der Waals surface area (Å²) in [5.74, 6) is 2.46. The molecule has 0 spiro atoms. The summed E-state index contributed by atoms with van der Waals surface area (Å²) in [6, 6.07) is 1.66. The third-order valence-electron chi connectivity index (χ3n) is 2.34. The standard InChI is InChI=1S/C12H19Cl2N5S.HI/c1-15-12(18-5-6-20-2)17-4-3-16-11-10(14)7-9(13)8-19-11;/h7-8H,3-6H2,1-2H3,(H,16,19)(H2,15,17,18);1H. The molecule has 0 radical (unpaired) electrons. The predicted octanol–water partition coefficient (Wildman–Crippen LogP) is 2.95. The van der Waals surface area contributed by atoms with Gasteiger partial charge in [0.15, 0.2) is 5.96 Å². The quantitative estimate of drug-likeness (QED) is 0.251. The summed E-state index contributed by atoms with van der Waals surface area (Å²) in [6.45, 7) is 2.27. The van der Waals surface area contributed by atoms with Crippen LogP contribution in [0.1, 0.15) is 0 Å². The Morgan fingerprint density at radius 3 is 2.62 bits per heavy atom. The number of pyridine rings is 1. The van der Waals surface area contributed by atoms with Crippen molar-refractivity contribution in [1.82, 2.24) is 15.6 Å². The molecule has 5 nitrogen and oxygen atoms in total. The summed E-state index contributed by atoms with van der Waals surface area (Å²) < 4.78 is 0. The second kappa shape index (κ2) is 12.4. The number of thioether (sulfide) groups is 1. The predicted molar refractivity (Wildman–Crippen MR) is 106 cm³/mol. The highest BCUT2D eigenvalue weighted by Crippen LogP contribution is 2.21. The smallest absolute Gasteiger partial charge is 0.191 e. The molecule has 1 heterocycles. The second-order valence-corrected chi connectivity index (χ2v) is 5.66. The second-order valence-electron chi connectivity index (χ2n) is 3.83. The number of nitrogens with one attached hydrogen (secondary N) is 3. The Labute approximate surface area is 157 Å². The Morgan fingerprint density at radius 1 is 1.29 bits per heavy atom. The lowest BCUT2D eigenvalue weighted by atomic mass is 10.4. The minimum absolute atomic E-state index is 0. The summed E-state index contributed by atoms with van der Waals surface area (Å²) >= 11 is 13.6. The number of hydrogen-bond acceptors (Lipinski definition) is 4. The first-order valence-electron chi connectivity index (χ1n) is 6.15. The molecule has 0 saturated carbocycles. The molecule has 0 unspecified atom stereocenters. The van der Waals surface area contributed by atoms with Crippen molar-refractivity contribution in [1.29, 1.82) is 0 Å². The van der Waals surface area contributed by atoms with Gasteiger partial charge in [-0.15, -0.1) is 24.0 Å². The maximum absolute atomic E-state index is 6.01. The van der Waals surface area contributed by atoms with Gasteiger partial charge in [-0.05, 0) is 12.3 Å². The van der Waals surface area contributed by atoms with Gasteiger partial charge in [0.2, 0.25) is 0 Å². The van der Waals surface area contributed by atoms with E-state index in [1.807, 2.05) is 0 Å². The summed E-state index contributed by atoms with van der Waals surface area (Å²) in [4.78, 5) is 8.26. The number of nitrogens with zero attached hydrogens (tertiary/aromatic N) is 2. The molecule has 0 amide bonds. The van der Waals surface area contributed by atoms with E-state index >= 15 is 0 Å². The van der Waals surface area contributed by atoms with Crippen LogP contribution in [0.4, 0.5) is 5.82 Å². The third-order valence-corrected chi connectivity index (χ3v) is 3.45. The van der Waals surface area contributed by atoms with E-state index in [9.17, 15) is 0 Å². The normalized spacial score (nSPS) is 10.8. The largest absolute Gasteiger partial charge is 0.367 e. The van der Waals surface area contributed by atoms with Gasteiger partial charge in [-0.2, -0.15) is 11.8 Å². The molecule has 0 aliphatic heterocycles. The molecule has 0 aliphatic rings. The van der Waals surface area contributed by atoms with Crippen LogP contribution in [0, 0.1) is 0 Å². The van der Waals surface area contributed by atoms with Crippen LogP contribution < -0.4 is 16.0 Å². The highest BCUT2D eigenvalue weighted by Gasteiger charge is 2.02. The molecular weight excluding hydrogens is 444 g/mol. The van der Waals surface area contributed by atoms with E-state index in [4.69, 9.17) is 23.2 Å².